The van der Waals surface area contributed by atoms with Crippen LogP contribution in [0, 0.1) is 23.4 Å². The van der Waals surface area contributed by atoms with Gasteiger partial charge in [-0.2, -0.15) is 0 Å². The summed E-state index contributed by atoms with van der Waals surface area (Å²) in [5, 5.41) is 1.37. The van der Waals surface area contributed by atoms with Crippen LogP contribution in [0.1, 0.15) is 31.7 Å². The summed E-state index contributed by atoms with van der Waals surface area (Å²) < 4.78 is 75.2. The summed E-state index contributed by atoms with van der Waals surface area (Å²) >= 11 is 7.37. The maximum Gasteiger partial charge on any atom is 0.266 e. The number of aromatic nitrogens is 1. The fourth-order valence-electron chi connectivity index (χ4n) is 3.64. The summed E-state index contributed by atoms with van der Waals surface area (Å²) in [5.74, 6) is -2.57. The molecule has 1 aliphatic carbocycles. The molecule has 0 saturated heterocycles. The van der Waals surface area contributed by atoms with Gasteiger partial charge in [-0.25, -0.2) is 26.6 Å². The van der Waals surface area contributed by atoms with Crippen LogP contribution in [0.15, 0.2) is 52.2 Å². The Hall–Kier alpha value is -2.60. The second-order valence-electron chi connectivity index (χ2n) is 7.82. The average molecular weight is 560 g/mol. The molecular formula is C24H25ClF3N3O3S2. The van der Waals surface area contributed by atoms with Gasteiger partial charge in [-0.05, 0) is 49.6 Å². The van der Waals surface area contributed by atoms with Crippen molar-refractivity contribution in [3.8, 4) is 5.75 Å². The first-order valence-corrected chi connectivity index (χ1v) is 13.8. The summed E-state index contributed by atoms with van der Waals surface area (Å²) in [6.45, 7) is 2.71. The van der Waals surface area contributed by atoms with E-state index in [-0.39, 0.29) is 34.7 Å². The van der Waals surface area contributed by atoms with Gasteiger partial charge in [0.15, 0.2) is 5.82 Å². The monoisotopic (exact) mass is 559 g/mol. The highest BCUT2D eigenvalue weighted by atomic mass is 35.5. The maximum absolute atomic E-state index is 14.7. The van der Waals surface area contributed by atoms with Crippen molar-refractivity contribution in [1.82, 2.24) is 4.98 Å². The van der Waals surface area contributed by atoms with Crippen LogP contribution >= 0.6 is 22.9 Å². The number of anilines is 1. The van der Waals surface area contributed by atoms with Crippen LogP contribution in [0.25, 0.3) is 5.57 Å². The van der Waals surface area contributed by atoms with Crippen molar-refractivity contribution in [2.45, 2.75) is 31.1 Å². The molecule has 1 heterocycles. The summed E-state index contributed by atoms with van der Waals surface area (Å²) in [7, 11) is -4.24. The van der Waals surface area contributed by atoms with Crippen molar-refractivity contribution < 1.29 is 26.3 Å². The molecule has 12 heteroatoms. The molecule has 0 radical (unpaired) electrons. The van der Waals surface area contributed by atoms with E-state index in [1.807, 2.05) is 13.0 Å². The average Bonchev–Trinajstić information content (AvgIpc) is 3.32. The molecule has 0 bridgehead atoms. The number of allylic oxidation sites excluding steroid dienone is 1. The lowest BCUT2D eigenvalue weighted by atomic mass is 9.84. The quantitative estimate of drug-likeness (QED) is 0.357. The van der Waals surface area contributed by atoms with Gasteiger partial charge in [0.05, 0.1) is 17.1 Å². The first-order chi connectivity index (χ1) is 17.2. The number of nitrogens with zero attached hydrogens (tertiary/aromatic N) is 1. The van der Waals surface area contributed by atoms with Crippen molar-refractivity contribution in [3.05, 3.63) is 75.3 Å². The van der Waals surface area contributed by atoms with E-state index in [0.29, 0.717) is 12.0 Å². The number of benzene rings is 2. The lowest BCUT2D eigenvalue weighted by molar-refractivity contribution is 0.267. The first-order valence-electron chi connectivity index (χ1n) is 11.0. The number of hydrogen-bond acceptors (Lipinski definition) is 6. The van der Waals surface area contributed by atoms with E-state index in [1.54, 1.807) is 0 Å². The van der Waals surface area contributed by atoms with E-state index in [0.717, 1.165) is 37.6 Å². The third-order valence-electron chi connectivity index (χ3n) is 5.19. The zero-order valence-corrected chi connectivity index (χ0v) is 21.7. The molecule has 6 nitrogen and oxygen atoms in total. The molecule has 1 unspecified atom stereocenters. The van der Waals surface area contributed by atoms with Crippen molar-refractivity contribution in [3.63, 3.8) is 0 Å². The molecule has 0 amide bonds. The Labute approximate surface area is 217 Å². The van der Waals surface area contributed by atoms with Crippen LogP contribution in [0.4, 0.5) is 19.0 Å². The first kappa shape index (κ1) is 28.0. The Morgan fingerprint density at radius 3 is 2.64 bits per heavy atom. The van der Waals surface area contributed by atoms with Crippen LogP contribution < -0.4 is 15.2 Å². The van der Waals surface area contributed by atoms with Gasteiger partial charge in [0.2, 0.25) is 0 Å². The van der Waals surface area contributed by atoms with Gasteiger partial charge < -0.3 is 10.5 Å². The largest absolute Gasteiger partial charge is 0.491 e. The second-order valence-corrected chi connectivity index (χ2v) is 10.6. The van der Waals surface area contributed by atoms with Gasteiger partial charge in [0.1, 0.15) is 28.1 Å². The topological polar surface area (TPSA) is 94.3 Å². The maximum atomic E-state index is 14.7. The van der Waals surface area contributed by atoms with Gasteiger partial charge in [-0.3, -0.25) is 4.72 Å². The van der Waals surface area contributed by atoms with E-state index in [4.69, 9.17) is 22.1 Å². The Morgan fingerprint density at radius 2 is 1.97 bits per heavy atom. The number of sulfonamides is 1. The highest BCUT2D eigenvalue weighted by Gasteiger charge is 2.25. The molecule has 1 aromatic heterocycles. The van der Waals surface area contributed by atoms with Crippen molar-refractivity contribution >= 4 is 44.4 Å². The van der Waals surface area contributed by atoms with Gasteiger partial charge in [-0.15, -0.1) is 11.3 Å². The van der Waals surface area contributed by atoms with E-state index < -0.39 is 32.4 Å². The number of halogens is 4. The lowest BCUT2D eigenvalue weighted by Crippen LogP contribution is -2.18. The molecule has 4 rings (SSSR count). The lowest BCUT2D eigenvalue weighted by Gasteiger charge is -2.25. The van der Waals surface area contributed by atoms with Crippen LogP contribution in [0.3, 0.4) is 0 Å². The van der Waals surface area contributed by atoms with Gasteiger partial charge in [0, 0.05) is 29.0 Å². The van der Waals surface area contributed by atoms with Crippen LogP contribution in [-0.4, -0.2) is 26.6 Å². The van der Waals surface area contributed by atoms with Gasteiger partial charge >= 0.3 is 0 Å². The van der Waals surface area contributed by atoms with E-state index in [2.05, 4.69) is 9.71 Å². The predicted molar refractivity (Wildman–Crippen MR) is 136 cm³/mol. The third-order valence-corrected chi connectivity index (χ3v) is 7.44. The minimum Gasteiger partial charge on any atom is -0.491 e. The summed E-state index contributed by atoms with van der Waals surface area (Å²) in [6.07, 6.45) is 4.17. The molecule has 0 spiro atoms. The Bertz CT molecular complexity index is 1320. The number of nitrogens with two attached hydrogens (primary N) is 1. The van der Waals surface area contributed by atoms with E-state index in [1.165, 1.54) is 34.4 Å². The number of hydrogen-bond donors (Lipinski definition) is 2. The Balaban J connectivity index is 0.00000115. The van der Waals surface area contributed by atoms with Crippen LogP contribution in [0.2, 0.25) is 5.02 Å². The Kier molecular flexibility index (Phi) is 9.77. The smallest absolute Gasteiger partial charge is 0.266 e. The van der Waals surface area contributed by atoms with E-state index in [9.17, 15) is 21.6 Å². The van der Waals surface area contributed by atoms with Crippen molar-refractivity contribution in [2.75, 3.05) is 17.9 Å². The van der Waals surface area contributed by atoms with Crippen molar-refractivity contribution in [2.24, 2.45) is 11.7 Å². The van der Waals surface area contributed by atoms with Gasteiger partial charge in [0.25, 0.3) is 10.0 Å². The zero-order valence-electron chi connectivity index (χ0n) is 19.3. The summed E-state index contributed by atoms with van der Waals surface area (Å²) in [4.78, 5) is 3.18. The molecule has 3 aromatic rings. The third kappa shape index (κ3) is 7.00. The summed E-state index contributed by atoms with van der Waals surface area (Å²) in [6, 6.07) is 5.28. The van der Waals surface area contributed by atoms with Crippen LogP contribution in [0.5, 0.6) is 5.75 Å². The zero-order chi connectivity index (χ0) is 26.3. The molecule has 194 valence electrons. The second kappa shape index (κ2) is 12.6. The minimum absolute atomic E-state index is 0.0359. The molecular weight excluding hydrogens is 535 g/mol. The molecule has 2 aromatic carbocycles. The standard InChI is InChI=1S/C22H18ClF3N2O3S2.C2H7N/c23-17-8-21(33(29,30)28-22-11-32-12-27-22)19(26)9-20(17)31-10-13-3-1-2-4-15(13)16-6-5-14(24)7-18(16)25;1-2-3/h4-9,11-13,28H,1-3,10H2;2-3H2,1H3. The molecule has 0 saturated carbocycles. The molecule has 36 heavy (non-hydrogen) atoms. The molecule has 0 fully saturated rings. The highest BCUT2D eigenvalue weighted by Crippen LogP contribution is 2.36. The SMILES string of the molecule is CCN.O=S(=O)(Nc1cscn1)c1cc(Cl)c(OCC2CCCC=C2c2ccc(F)cc2F)cc1F. The highest BCUT2D eigenvalue weighted by molar-refractivity contribution is 7.92. The number of thiazole rings is 1. The normalized spacial score (nSPS) is 15.5. The van der Waals surface area contributed by atoms with Crippen LogP contribution in [-0.2, 0) is 10.0 Å². The van der Waals surface area contributed by atoms with E-state index >= 15 is 0 Å². The summed E-state index contributed by atoms with van der Waals surface area (Å²) in [5.41, 5.74) is 7.25. The fourth-order valence-corrected chi connectivity index (χ4v) is 5.57. The number of rotatable bonds is 7. The number of nitrogens with one attached hydrogen (secondary N) is 1. The van der Waals surface area contributed by atoms with Crippen molar-refractivity contribution in [1.29, 1.82) is 0 Å². The molecule has 1 aliphatic rings. The fraction of sp³-hybridized carbons (Fsp3) is 0.292. The molecule has 3 N–H and O–H groups in total. The molecule has 0 aliphatic heterocycles. The number of ether oxygens (including phenoxy) is 1. The molecule has 1 atom stereocenters. The Morgan fingerprint density at radius 1 is 1.22 bits per heavy atom. The predicted octanol–water partition coefficient (Wildman–Crippen LogP) is 6.24. The van der Waals surface area contributed by atoms with Gasteiger partial charge in [-0.1, -0.05) is 24.6 Å². The minimum atomic E-state index is -4.24.